The van der Waals surface area contributed by atoms with Gasteiger partial charge in [-0.05, 0) is 13.0 Å². The fraction of sp³-hybridized carbons (Fsp3) is 0.0714. The van der Waals surface area contributed by atoms with Crippen LogP contribution in [-0.4, -0.2) is 16.1 Å². The van der Waals surface area contributed by atoms with Crippen LogP contribution in [0.1, 0.15) is 15.2 Å². The molecule has 2 heterocycles. The van der Waals surface area contributed by atoms with Gasteiger partial charge < -0.3 is 10.1 Å². The molecule has 0 aliphatic carbocycles. The summed E-state index contributed by atoms with van der Waals surface area (Å²) >= 11 is 1.47. The number of hydrogen-bond donors (Lipinski definition) is 2. The number of aromatic carboxylic acids is 1. The summed E-state index contributed by atoms with van der Waals surface area (Å²) in [6, 6.07) is 7.91. The van der Waals surface area contributed by atoms with Gasteiger partial charge in [-0.3, -0.25) is 0 Å². The smallest absolute Gasteiger partial charge is 0.337 e. The van der Waals surface area contributed by atoms with E-state index in [0.717, 1.165) is 26.9 Å². The number of carbonyl (C=O) groups is 1. The van der Waals surface area contributed by atoms with Crippen LogP contribution in [0.3, 0.4) is 0 Å². The fourth-order valence-electron chi connectivity index (χ4n) is 2.23. The van der Waals surface area contributed by atoms with E-state index in [0.29, 0.717) is 5.56 Å². The standard InChI is InChI=1S/C14H11NO2S/c1-8-13(11(7-18-8)14(16)17)10-6-15-12-5-3-2-4-9(10)12/h2-7,15H,1H3,(H,16,17). The zero-order chi connectivity index (χ0) is 12.7. The third-order valence-corrected chi connectivity index (χ3v) is 3.98. The monoisotopic (exact) mass is 257 g/mol. The zero-order valence-corrected chi connectivity index (χ0v) is 10.5. The second kappa shape index (κ2) is 3.99. The van der Waals surface area contributed by atoms with E-state index in [4.69, 9.17) is 0 Å². The van der Waals surface area contributed by atoms with Crippen molar-refractivity contribution in [2.75, 3.05) is 0 Å². The average molecular weight is 257 g/mol. The highest BCUT2D eigenvalue weighted by atomic mass is 32.1. The molecule has 0 spiro atoms. The van der Waals surface area contributed by atoms with Gasteiger partial charge in [0.15, 0.2) is 0 Å². The lowest BCUT2D eigenvalue weighted by molar-refractivity contribution is 0.0698. The summed E-state index contributed by atoms with van der Waals surface area (Å²) in [7, 11) is 0. The van der Waals surface area contributed by atoms with Gasteiger partial charge in [0.1, 0.15) is 0 Å². The Kier molecular flexibility index (Phi) is 2.45. The summed E-state index contributed by atoms with van der Waals surface area (Å²) in [4.78, 5) is 15.5. The first kappa shape index (κ1) is 11.0. The van der Waals surface area contributed by atoms with Crippen molar-refractivity contribution >= 4 is 28.2 Å². The van der Waals surface area contributed by atoms with Crippen molar-refractivity contribution in [3.05, 3.63) is 46.3 Å². The maximum absolute atomic E-state index is 11.3. The molecule has 3 nitrogen and oxygen atoms in total. The summed E-state index contributed by atoms with van der Waals surface area (Å²) in [5.74, 6) is -0.875. The second-order valence-electron chi connectivity index (χ2n) is 4.13. The number of aromatic amines is 1. The molecule has 1 aromatic carbocycles. The molecule has 0 unspecified atom stereocenters. The first-order chi connectivity index (χ1) is 8.68. The Morgan fingerprint density at radius 1 is 1.33 bits per heavy atom. The number of para-hydroxylation sites is 1. The molecule has 0 atom stereocenters. The summed E-state index contributed by atoms with van der Waals surface area (Å²) in [5, 5.41) is 12.0. The molecule has 0 saturated heterocycles. The van der Waals surface area contributed by atoms with Crippen LogP contribution in [0.15, 0.2) is 35.8 Å². The predicted molar refractivity (Wildman–Crippen MR) is 73.3 cm³/mol. The van der Waals surface area contributed by atoms with Crippen molar-refractivity contribution in [2.24, 2.45) is 0 Å². The van der Waals surface area contributed by atoms with Gasteiger partial charge >= 0.3 is 5.97 Å². The lowest BCUT2D eigenvalue weighted by atomic mass is 10.0. The number of hydrogen-bond acceptors (Lipinski definition) is 2. The number of fused-ring (bicyclic) bond motifs is 1. The normalized spacial score (nSPS) is 10.9. The molecular weight excluding hydrogens is 246 g/mol. The molecule has 18 heavy (non-hydrogen) atoms. The van der Waals surface area contributed by atoms with Crippen LogP contribution >= 0.6 is 11.3 Å². The fourth-order valence-corrected chi connectivity index (χ4v) is 3.08. The van der Waals surface area contributed by atoms with Crippen molar-refractivity contribution in [1.29, 1.82) is 0 Å². The summed E-state index contributed by atoms with van der Waals surface area (Å²) < 4.78 is 0. The van der Waals surface area contributed by atoms with Crippen molar-refractivity contribution in [1.82, 2.24) is 4.98 Å². The van der Waals surface area contributed by atoms with Crippen LogP contribution in [0, 0.1) is 6.92 Å². The van der Waals surface area contributed by atoms with E-state index >= 15 is 0 Å². The Morgan fingerprint density at radius 3 is 2.89 bits per heavy atom. The Labute approximate surface area is 108 Å². The molecule has 3 rings (SSSR count). The van der Waals surface area contributed by atoms with Crippen molar-refractivity contribution < 1.29 is 9.90 Å². The Bertz CT molecular complexity index is 739. The Hall–Kier alpha value is -2.07. The quantitative estimate of drug-likeness (QED) is 0.731. The third-order valence-electron chi connectivity index (χ3n) is 3.06. The predicted octanol–water partition coefficient (Wildman–Crippen LogP) is 3.90. The van der Waals surface area contributed by atoms with E-state index in [9.17, 15) is 9.90 Å². The lowest BCUT2D eigenvalue weighted by Crippen LogP contribution is -1.96. The first-order valence-corrected chi connectivity index (χ1v) is 6.44. The molecule has 0 amide bonds. The highest BCUT2D eigenvalue weighted by molar-refractivity contribution is 7.10. The van der Waals surface area contributed by atoms with Crippen LogP contribution in [-0.2, 0) is 0 Å². The molecule has 0 aliphatic heterocycles. The highest BCUT2D eigenvalue weighted by Crippen LogP contribution is 2.36. The summed E-state index contributed by atoms with van der Waals surface area (Å²) in [6.07, 6.45) is 1.88. The van der Waals surface area contributed by atoms with Gasteiger partial charge in [-0.15, -0.1) is 11.3 Å². The van der Waals surface area contributed by atoms with Crippen LogP contribution in [0.5, 0.6) is 0 Å². The van der Waals surface area contributed by atoms with Crippen LogP contribution in [0.2, 0.25) is 0 Å². The third kappa shape index (κ3) is 1.54. The Morgan fingerprint density at radius 2 is 2.11 bits per heavy atom. The SMILES string of the molecule is Cc1scc(C(=O)O)c1-c1c[nH]c2ccccc12. The van der Waals surface area contributed by atoms with Gasteiger partial charge in [-0.1, -0.05) is 18.2 Å². The molecule has 2 N–H and O–H groups in total. The zero-order valence-electron chi connectivity index (χ0n) is 9.73. The molecule has 0 aliphatic rings. The van der Waals surface area contributed by atoms with E-state index in [1.807, 2.05) is 37.4 Å². The molecule has 0 radical (unpaired) electrons. The molecule has 90 valence electrons. The number of carboxylic acid groups (broad SMARTS) is 1. The van der Waals surface area contributed by atoms with Crippen molar-refractivity contribution in [3.63, 3.8) is 0 Å². The minimum Gasteiger partial charge on any atom is -0.478 e. The van der Waals surface area contributed by atoms with Crippen molar-refractivity contribution in [3.8, 4) is 11.1 Å². The number of H-pyrrole nitrogens is 1. The van der Waals surface area contributed by atoms with Gasteiger partial charge in [0.2, 0.25) is 0 Å². The maximum atomic E-state index is 11.3. The molecule has 3 aromatic rings. The largest absolute Gasteiger partial charge is 0.478 e. The number of nitrogens with one attached hydrogen (secondary N) is 1. The first-order valence-electron chi connectivity index (χ1n) is 5.56. The molecule has 0 saturated carbocycles. The van der Waals surface area contributed by atoms with Gasteiger partial charge in [0.05, 0.1) is 5.56 Å². The van der Waals surface area contributed by atoms with Crippen LogP contribution < -0.4 is 0 Å². The summed E-state index contributed by atoms with van der Waals surface area (Å²) in [6.45, 7) is 1.95. The molecule has 0 bridgehead atoms. The molecule has 4 heteroatoms. The summed E-state index contributed by atoms with van der Waals surface area (Å²) in [5.41, 5.74) is 3.18. The van der Waals surface area contributed by atoms with Crippen molar-refractivity contribution in [2.45, 2.75) is 6.92 Å². The molecule has 2 aromatic heterocycles. The van der Waals surface area contributed by atoms with Gasteiger partial charge in [0, 0.05) is 38.5 Å². The molecular formula is C14H11NO2S. The topological polar surface area (TPSA) is 53.1 Å². The van der Waals surface area contributed by atoms with Gasteiger partial charge in [-0.2, -0.15) is 0 Å². The van der Waals surface area contributed by atoms with E-state index in [1.165, 1.54) is 11.3 Å². The van der Waals surface area contributed by atoms with Gasteiger partial charge in [-0.25, -0.2) is 4.79 Å². The number of aromatic nitrogens is 1. The minimum atomic E-state index is -0.875. The van der Waals surface area contributed by atoms with E-state index < -0.39 is 5.97 Å². The van der Waals surface area contributed by atoms with E-state index in [2.05, 4.69) is 4.98 Å². The molecule has 0 fully saturated rings. The van der Waals surface area contributed by atoms with Crippen LogP contribution in [0.25, 0.3) is 22.0 Å². The highest BCUT2D eigenvalue weighted by Gasteiger charge is 2.18. The second-order valence-corrected chi connectivity index (χ2v) is 5.22. The van der Waals surface area contributed by atoms with E-state index in [-0.39, 0.29) is 0 Å². The number of rotatable bonds is 2. The maximum Gasteiger partial charge on any atom is 0.337 e. The van der Waals surface area contributed by atoms with Crippen LogP contribution in [0.4, 0.5) is 0 Å². The minimum absolute atomic E-state index is 0.377. The van der Waals surface area contributed by atoms with Gasteiger partial charge in [0.25, 0.3) is 0 Å². The number of carboxylic acids is 1. The number of thiophene rings is 1. The number of benzene rings is 1. The number of aryl methyl sites for hydroxylation is 1. The van der Waals surface area contributed by atoms with E-state index in [1.54, 1.807) is 5.38 Å². The Balaban J connectivity index is 2.33. The average Bonchev–Trinajstić information content (AvgIpc) is 2.92. The lowest BCUT2D eigenvalue weighted by Gasteiger charge is -2.01.